The van der Waals surface area contributed by atoms with E-state index in [4.69, 9.17) is 4.74 Å². The maximum absolute atomic E-state index is 13.5. The zero-order valence-electron chi connectivity index (χ0n) is 24.0. The molecule has 2 aliphatic rings. The van der Waals surface area contributed by atoms with Crippen molar-refractivity contribution in [1.29, 1.82) is 5.26 Å². The third-order valence-electron chi connectivity index (χ3n) is 7.79. The predicted octanol–water partition coefficient (Wildman–Crippen LogP) is 6.10. The highest BCUT2D eigenvalue weighted by Gasteiger charge is 2.41. The fourth-order valence-corrected chi connectivity index (χ4v) is 5.73. The van der Waals surface area contributed by atoms with E-state index in [1.165, 1.54) is 10.5 Å². The molecule has 2 amide bonds. The molecule has 0 saturated heterocycles. The molecule has 2 heterocycles. The minimum atomic E-state index is -0.524. The van der Waals surface area contributed by atoms with E-state index in [2.05, 4.69) is 43.0 Å². The topological polar surface area (TPSA) is 90.7 Å². The number of rotatable bonds is 9. The molecule has 2 aromatic rings. The second-order valence-electron chi connectivity index (χ2n) is 10.7. The second-order valence-corrected chi connectivity index (χ2v) is 10.7. The van der Waals surface area contributed by atoms with Crippen molar-refractivity contribution in [3.05, 3.63) is 76.5 Å². The zero-order valence-corrected chi connectivity index (χ0v) is 24.0. The van der Waals surface area contributed by atoms with Crippen LogP contribution in [0.15, 0.2) is 71.0 Å². The van der Waals surface area contributed by atoms with Crippen molar-refractivity contribution in [1.82, 2.24) is 4.90 Å². The van der Waals surface area contributed by atoms with Gasteiger partial charge in [0.15, 0.2) is 0 Å². The molecule has 7 nitrogen and oxygen atoms in total. The third-order valence-corrected chi connectivity index (χ3v) is 7.79. The highest BCUT2D eigenvalue weighted by molar-refractivity contribution is 6.18. The van der Waals surface area contributed by atoms with Gasteiger partial charge in [-0.1, -0.05) is 57.5 Å². The molecule has 0 aliphatic carbocycles. The summed E-state index contributed by atoms with van der Waals surface area (Å²) in [5.74, 6) is -1.12. The van der Waals surface area contributed by atoms with Gasteiger partial charge in [-0.15, -0.1) is 0 Å². The molecule has 0 radical (unpaired) electrons. The van der Waals surface area contributed by atoms with Crippen LogP contribution in [0.4, 0.5) is 5.69 Å². The minimum Gasteiger partial charge on any atom is -0.466 e. The highest BCUT2D eigenvalue weighted by atomic mass is 16.5. The molecule has 0 spiro atoms. The summed E-state index contributed by atoms with van der Waals surface area (Å²) in [5, 5.41) is 12.0. The number of allylic oxidation sites excluding steroid dienone is 3. The molecule has 0 aromatic heterocycles. The largest absolute Gasteiger partial charge is 0.466 e. The Hall–Kier alpha value is -4.18. The Balaban J connectivity index is 1.82. The molecule has 4 rings (SSSR count). The Morgan fingerprint density at radius 1 is 1.00 bits per heavy atom. The molecular formula is C33H37N3O4. The molecule has 2 aromatic carbocycles. The number of unbranched alkanes of at least 4 members (excludes halogenated alkanes) is 1. The van der Waals surface area contributed by atoms with E-state index in [9.17, 15) is 19.6 Å². The van der Waals surface area contributed by atoms with Gasteiger partial charge in [-0.05, 0) is 66.8 Å². The van der Waals surface area contributed by atoms with Crippen molar-refractivity contribution >= 4 is 34.2 Å². The Bertz CT molecular complexity index is 1490. The van der Waals surface area contributed by atoms with Crippen LogP contribution in [0.25, 0.3) is 10.8 Å². The van der Waals surface area contributed by atoms with Gasteiger partial charge in [0.1, 0.15) is 11.6 Å². The van der Waals surface area contributed by atoms with Crippen molar-refractivity contribution in [2.24, 2.45) is 0 Å². The summed E-state index contributed by atoms with van der Waals surface area (Å²) in [5.41, 5.74) is 3.57. The maximum atomic E-state index is 13.5. The standard InChI is InChI=1S/C33H37N3O4/c1-6-8-19-36-31(38)24(22(3)26(21-34)32(36)39)16-18-28-33(4,5)30-25-13-10-9-12-23(25)15-17-27(30)35(28)20-11-14-29(37)40-7-2/h9-10,12-13,15-18H,6-8,11,14,19-20H2,1-5H3/b24-16-,28-18+. The lowest BCUT2D eigenvalue weighted by atomic mass is 9.81. The molecule has 0 saturated carbocycles. The van der Waals surface area contributed by atoms with Crippen molar-refractivity contribution in [2.45, 2.75) is 65.7 Å². The van der Waals surface area contributed by atoms with E-state index >= 15 is 0 Å². The second kappa shape index (κ2) is 11.9. The van der Waals surface area contributed by atoms with Crippen molar-refractivity contribution in [2.75, 3.05) is 24.6 Å². The monoisotopic (exact) mass is 539 g/mol. The Labute approximate surface area is 236 Å². The van der Waals surface area contributed by atoms with E-state index in [0.717, 1.165) is 28.6 Å². The summed E-state index contributed by atoms with van der Waals surface area (Å²) < 4.78 is 5.14. The van der Waals surface area contributed by atoms with Gasteiger partial charge in [-0.25, -0.2) is 0 Å². The van der Waals surface area contributed by atoms with Gasteiger partial charge in [-0.2, -0.15) is 5.26 Å². The van der Waals surface area contributed by atoms with Gasteiger partial charge in [0.25, 0.3) is 11.8 Å². The number of amides is 2. The van der Waals surface area contributed by atoms with Crippen LogP contribution in [0.3, 0.4) is 0 Å². The average Bonchev–Trinajstić information content (AvgIpc) is 3.15. The Morgan fingerprint density at radius 3 is 2.42 bits per heavy atom. The summed E-state index contributed by atoms with van der Waals surface area (Å²) in [6.45, 7) is 11.0. The van der Waals surface area contributed by atoms with Gasteiger partial charge >= 0.3 is 5.97 Å². The number of carbonyl (C=O) groups excluding carboxylic acids is 3. The number of fused-ring (bicyclic) bond motifs is 3. The molecule has 0 atom stereocenters. The molecule has 0 fully saturated rings. The van der Waals surface area contributed by atoms with Gasteiger partial charge in [0.05, 0.1) is 6.61 Å². The van der Waals surface area contributed by atoms with Gasteiger partial charge < -0.3 is 9.64 Å². The number of nitriles is 1. The van der Waals surface area contributed by atoms with Crippen LogP contribution in [0.5, 0.6) is 0 Å². The lowest BCUT2D eigenvalue weighted by Gasteiger charge is -2.28. The van der Waals surface area contributed by atoms with Crippen LogP contribution >= 0.6 is 0 Å². The summed E-state index contributed by atoms with van der Waals surface area (Å²) in [7, 11) is 0. The van der Waals surface area contributed by atoms with Crippen LogP contribution in [0.1, 0.15) is 65.9 Å². The lowest BCUT2D eigenvalue weighted by Crippen LogP contribution is -2.43. The van der Waals surface area contributed by atoms with E-state index in [-0.39, 0.29) is 24.0 Å². The van der Waals surface area contributed by atoms with Crippen LogP contribution in [0.2, 0.25) is 0 Å². The number of hydrogen-bond acceptors (Lipinski definition) is 6. The molecule has 0 unspecified atom stereocenters. The van der Waals surface area contributed by atoms with Crippen LogP contribution in [0, 0.1) is 11.3 Å². The van der Waals surface area contributed by atoms with E-state index in [1.807, 2.05) is 31.2 Å². The zero-order chi connectivity index (χ0) is 29.0. The van der Waals surface area contributed by atoms with Crippen molar-refractivity contribution in [3.63, 3.8) is 0 Å². The highest BCUT2D eigenvalue weighted by Crippen LogP contribution is 2.51. The fourth-order valence-electron chi connectivity index (χ4n) is 5.73. The fraction of sp³-hybridized carbons (Fsp3) is 0.394. The maximum Gasteiger partial charge on any atom is 0.305 e. The lowest BCUT2D eigenvalue weighted by molar-refractivity contribution is -0.143. The molecule has 7 heteroatoms. The van der Waals surface area contributed by atoms with E-state index in [1.54, 1.807) is 19.9 Å². The quantitative estimate of drug-likeness (QED) is 0.217. The Kier molecular flexibility index (Phi) is 8.58. The summed E-state index contributed by atoms with van der Waals surface area (Å²) >= 11 is 0. The SMILES string of the molecule is CCCCN1C(=O)C(C#N)=C(C)/C(=C/C=C2/N(CCCC(=O)OCC)c3ccc4ccccc4c3C2(C)C)C1=O. The summed E-state index contributed by atoms with van der Waals surface area (Å²) in [6.07, 6.45) is 6.11. The average molecular weight is 540 g/mol. The Morgan fingerprint density at radius 2 is 1.73 bits per heavy atom. The number of benzene rings is 2. The predicted molar refractivity (Wildman–Crippen MR) is 156 cm³/mol. The molecular weight excluding hydrogens is 502 g/mol. The van der Waals surface area contributed by atoms with Crippen molar-refractivity contribution < 1.29 is 19.1 Å². The van der Waals surface area contributed by atoms with Gasteiger partial charge in [0.2, 0.25) is 0 Å². The smallest absolute Gasteiger partial charge is 0.305 e. The van der Waals surface area contributed by atoms with Crippen LogP contribution < -0.4 is 4.90 Å². The number of nitrogens with zero attached hydrogens (tertiary/aromatic N) is 3. The van der Waals surface area contributed by atoms with E-state index in [0.29, 0.717) is 43.6 Å². The first kappa shape index (κ1) is 28.8. The molecule has 0 N–H and O–H groups in total. The first-order chi connectivity index (χ1) is 19.2. The number of carbonyl (C=O) groups is 3. The minimum absolute atomic E-state index is 0.00612. The van der Waals surface area contributed by atoms with E-state index < -0.39 is 11.3 Å². The first-order valence-electron chi connectivity index (χ1n) is 14.0. The van der Waals surface area contributed by atoms with Gasteiger partial charge in [-0.3, -0.25) is 19.3 Å². The summed E-state index contributed by atoms with van der Waals surface area (Å²) in [6, 6.07) is 14.5. The van der Waals surface area contributed by atoms with Gasteiger partial charge in [0, 0.05) is 41.9 Å². The molecule has 208 valence electrons. The number of anilines is 1. The van der Waals surface area contributed by atoms with Crippen LogP contribution in [-0.4, -0.2) is 42.4 Å². The molecule has 0 bridgehead atoms. The molecule has 40 heavy (non-hydrogen) atoms. The normalized spacial score (nSPS) is 18.6. The first-order valence-corrected chi connectivity index (χ1v) is 14.0. The van der Waals surface area contributed by atoms with Crippen LogP contribution in [-0.2, 0) is 24.5 Å². The van der Waals surface area contributed by atoms with Crippen molar-refractivity contribution in [3.8, 4) is 6.07 Å². The summed E-state index contributed by atoms with van der Waals surface area (Å²) in [4.78, 5) is 41.8. The number of hydrogen-bond donors (Lipinski definition) is 0. The third kappa shape index (κ3) is 5.19. The number of ether oxygens (including phenoxy) is 1. The number of esters is 1. The molecule has 2 aliphatic heterocycles. The number of imide groups is 1.